The molecule has 0 aliphatic carbocycles. The lowest BCUT2D eigenvalue weighted by molar-refractivity contribution is -0.151. The summed E-state index contributed by atoms with van der Waals surface area (Å²) in [6.07, 6.45) is 1.20. The molecule has 2 fully saturated rings. The van der Waals surface area contributed by atoms with Crippen LogP contribution in [-0.2, 0) is 28.6 Å². The second-order valence-corrected chi connectivity index (χ2v) is 7.32. The van der Waals surface area contributed by atoms with Crippen LogP contribution in [0.3, 0.4) is 0 Å². The number of hydrogen-bond donors (Lipinski definition) is 1. The highest BCUT2D eigenvalue weighted by atomic mass is 16.6. The largest absolute Gasteiger partial charge is 0.456 e. The van der Waals surface area contributed by atoms with Gasteiger partial charge in [0, 0.05) is 18.7 Å². The number of imide groups is 1. The molecule has 1 aromatic carbocycles. The maximum Gasteiger partial charge on any atom is 0.350 e. The first-order chi connectivity index (χ1) is 16.4. The highest BCUT2D eigenvalue weighted by molar-refractivity contribution is 6.02. The fraction of sp³-hybridized carbons (Fsp3) is 0.364. The number of hydrazone groups is 1. The van der Waals surface area contributed by atoms with Gasteiger partial charge < -0.3 is 14.2 Å². The van der Waals surface area contributed by atoms with Crippen LogP contribution in [0.15, 0.2) is 48.3 Å². The molecule has 0 bridgehead atoms. The number of ether oxygens (including phenoxy) is 3. The van der Waals surface area contributed by atoms with Gasteiger partial charge in [0.1, 0.15) is 18.1 Å². The summed E-state index contributed by atoms with van der Waals surface area (Å²) in [5.74, 6) is -0.643. The SMILES string of the molecule is C=C(/C=N/N1CC(=O)N(COC(=O)CN2CCOCC2)C1=O)OC(=C)c1ccc(NOC)cc1. The Bertz CT molecular complexity index is 957. The number of carbonyl (C=O) groups is 3. The average molecular weight is 473 g/mol. The van der Waals surface area contributed by atoms with Crippen LogP contribution in [0.2, 0.25) is 0 Å². The minimum Gasteiger partial charge on any atom is -0.456 e. The molecule has 2 aliphatic rings. The molecular weight excluding hydrogens is 446 g/mol. The number of esters is 1. The van der Waals surface area contributed by atoms with Crippen molar-refractivity contribution in [1.29, 1.82) is 0 Å². The Labute approximate surface area is 196 Å². The number of hydrogen-bond acceptors (Lipinski definition) is 10. The molecule has 1 aromatic rings. The fourth-order valence-electron chi connectivity index (χ4n) is 3.09. The predicted molar refractivity (Wildman–Crippen MR) is 122 cm³/mol. The summed E-state index contributed by atoms with van der Waals surface area (Å²) in [6, 6.07) is 6.39. The Hall–Kier alpha value is -3.74. The van der Waals surface area contributed by atoms with Crippen LogP contribution in [0.5, 0.6) is 0 Å². The minimum absolute atomic E-state index is 0.0636. The summed E-state index contributed by atoms with van der Waals surface area (Å²) in [7, 11) is 1.51. The molecule has 0 atom stereocenters. The standard InChI is InChI=1S/C22H27N5O7/c1-16(34-17(2)18-4-6-19(7-5-18)24-31-3)12-23-27-13-20(28)26(22(27)30)15-33-21(29)14-25-8-10-32-11-9-25/h4-7,12,24H,1-2,8-11,13-15H2,3H3/b23-12+. The van der Waals surface area contributed by atoms with Crippen molar-refractivity contribution in [3.05, 3.63) is 48.7 Å². The second-order valence-electron chi connectivity index (χ2n) is 7.32. The highest BCUT2D eigenvalue weighted by Gasteiger charge is 2.37. The maximum atomic E-state index is 12.5. The van der Waals surface area contributed by atoms with Crippen LogP contribution >= 0.6 is 0 Å². The van der Waals surface area contributed by atoms with E-state index in [0.29, 0.717) is 37.6 Å². The van der Waals surface area contributed by atoms with Crippen molar-refractivity contribution < 1.29 is 33.4 Å². The van der Waals surface area contributed by atoms with E-state index in [-0.39, 0.29) is 18.8 Å². The predicted octanol–water partition coefficient (Wildman–Crippen LogP) is 1.24. The molecule has 1 N–H and O–H groups in total. The van der Waals surface area contributed by atoms with Crippen LogP contribution < -0.4 is 5.48 Å². The van der Waals surface area contributed by atoms with Gasteiger partial charge in [0.2, 0.25) is 0 Å². The first kappa shape index (κ1) is 24.9. The lowest BCUT2D eigenvalue weighted by Crippen LogP contribution is -2.41. The molecule has 3 rings (SSSR count). The van der Waals surface area contributed by atoms with E-state index in [1.54, 1.807) is 24.3 Å². The summed E-state index contributed by atoms with van der Waals surface area (Å²) in [5, 5.41) is 4.88. The molecule has 34 heavy (non-hydrogen) atoms. The third-order valence-corrected chi connectivity index (χ3v) is 4.87. The van der Waals surface area contributed by atoms with E-state index in [4.69, 9.17) is 19.0 Å². The first-order valence-electron chi connectivity index (χ1n) is 10.4. The molecule has 12 nitrogen and oxygen atoms in total. The van der Waals surface area contributed by atoms with Crippen LogP contribution in [0.4, 0.5) is 10.5 Å². The molecule has 12 heteroatoms. The summed E-state index contributed by atoms with van der Waals surface area (Å²) in [4.78, 5) is 44.1. The number of anilines is 1. The van der Waals surface area contributed by atoms with Crippen LogP contribution in [0.1, 0.15) is 5.56 Å². The van der Waals surface area contributed by atoms with E-state index in [1.165, 1.54) is 13.3 Å². The lowest BCUT2D eigenvalue weighted by Gasteiger charge is -2.25. The molecule has 2 aliphatic heterocycles. The number of nitrogens with one attached hydrogen (secondary N) is 1. The summed E-state index contributed by atoms with van der Waals surface area (Å²) in [5.41, 5.74) is 4.16. The Morgan fingerprint density at radius 1 is 1.21 bits per heavy atom. The molecule has 2 heterocycles. The van der Waals surface area contributed by atoms with E-state index in [1.807, 2.05) is 4.90 Å². The zero-order chi connectivity index (χ0) is 24.5. The number of allylic oxidation sites excluding steroid dienone is 1. The van der Waals surface area contributed by atoms with Crippen LogP contribution in [-0.4, -0.2) is 92.2 Å². The quantitative estimate of drug-likeness (QED) is 0.166. The van der Waals surface area contributed by atoms with E-state index >= 15 is 0 Å². The smallest absolute Gasteiger partial charge is 0.350 e. The van der Waals surface area contributed by atoms with Crippen molar-refractivity contribution in [3.63, 3.8) is 0 Å². The van der Waals surface area contributed by atoms with E-state index in [0.717, 1.165) is 15.6 Å². The normalized spacial score (nSPS) is 16.7. The van der Waals surface area contributed by atoms with Crippen LogP contribution in [0, 0.1) is 0 Å². The van der Waals surface area contributed by atoms with Crippen molar-refractivity contribution in [2.45, 2.75) is 0 Å². The van der Waals surface area contributed by atoms with Crippen LogP contribution in [0.25, 0.3) is 5.76 Å². The number of morpholine rings is 1. The Morgan fingerprint density at radius 2 is 1.91 bits per heavy atom. The maximum absolute atomic E-state index is 12.5. The monoisotopic (exact) mass is 473 g/mol. The van der Waals surface area contributed by atoms with Gasteiger partial charge in [-0.2, -0.15) is 5.10 Å². The van der Waals surface area contributed by atoms with Crippen molar-refractivity contribution in [2.24, 2.45) is 5.10 Å². The summed E-state index contributed by atoms with van der Waals surface area (Å²) in [6.45, 7) is 9.19. The number of rotatable bonds is 11. The average Bonchev–Trinajstić information content (AvgIpc) is 3.10. The second kappa shape index (κ2) is 11.9. The van der Waals surface area contributed by atoms with Gasteiger partial charge in [-0.3, -0.25) is 24.8 Å². The van der Waals surface area contributed by atoms with Crippen molar-refractivity contribution in [2.75, 3.05) is 58.7 Å². The van der Waals surface area contributed by atoms with Gasteiger partial charge >= 0.3 is 12.0 Å². The van der Waals surface area contributed by atoms with Gasteiger partial charge in [-0.05, 0) is 24.3 Å². The summed E-state index contributed by atoms with van der Waals surface area (Å²) < 4.78 is 15.8. The van der Waals surface area contributed by atoms with Gasteiger partial charge in [-0.25, -0.2) is 14.7 Å². The Morgan fingerprint density at radius 3 is 2.59 bits per heavy atom. The zero-order valence-corrected chi connectivity index (χ0v) is 18.9. The minimum atomic E-state index is -0.715. The van der Waals surface area contributed by atoms with E-state index < -0.39 is 24.6 Å². The molecule has 0 spiro atoms. The van der Waals surface area contributed by atoms with E-state index in [2.05, 4.69) is 23.7 Å². The number of carbonyl (C=O) groups excluding carboxylic acids is 3. The molecule has 0 aromatic heterocycles. The number of nitrogens with zero attached hydrogens (tertiary/aromatic N) is 4. The van der Waals surface area contributed by atoms with Crippen molar-refractivity contribution in [3.8, 4) is 0 Å². The van der Waals surface area contributed by atoms with E-state index in [9.17, 15) is 14.4 Å². The molecule has 0 saturated carbocycles. The van der Waals surface area contributed by atoms with Crippen molar-refractivity contribution >= 4 is 35.6 Å². The molecule has 0 radical (unpaired) electrons. The van der Waals surface area contributed by atoms with Gasteiger partial charge in [0.25, 0.3) is 5.91 Å². The number of urea groups is 1. The first-order valence-corrected chi connectivity index (χ1v) is 10.4. The third-order valence-electron chi connectivity index (χ3n) is 4.87. The van der Waals surface area contributed by atoms with Crippen molar-refractivity contribution in [1.82, 2.24) is 14.8 Å². The highest BCUT2D eigenvalue weighted by Crippen LogP contribution is 2.19. The third kappa shape index (κ3) is 6.88. The summed E-state index contributed by atoms with van der Waals surface area (Å²) >= 11 is 0. The molecule has 0 unspecified atom stereocenters. The molecule has 2 saturated heterocycles. The number of benzene rings is 1. The van der Waals surface area contributed by atoms with Gasteiger partial charge in [0.05, 0.1) is 38.8 Å². The molecule has 182 valence electrons. The Balaban J connectivity index is 1.45. The Kier molecular flexibility index (Phi) is 8.73. The van der Waals surface area contributed by atoms with Gasteiger partial charge in [-0.1, -0.05) is 13.2 Å². The van der Waals surface area contributed by atoms with Gasteiger partial charge in [-0.15, -0.1) is 0 Å². The zero-order valence-electron chi connectivity index (χ0n) is 18.9. The topological polar surface area (TPSA) is 122 Å². The molecular formula is C22H27N5O7. The fourth-order valence-corrected chi connectivity index (χ4v) is 3.09. The number of amides is 3. The molecule has 3 amide bonds. The van der Waals surface area contributed by atoms with Gasteiger partial charge in [0.15, 0.2) is 6.73 Å². The lowest BCUT2D eigenvalue weighted by atomic mass is 10.2.